The van der Waals surface area contributed by atoms with Gasteiger partial charge in [-0.25, -0.2) is 4.90 Å². The van der Waals surface area contributed by atoms with Crippen molar-refractivity contribution in [2.45, 2.75) is 6.61 Å². The minimum Gasteiger partial charge on any atom is -0.489 e. The molecule has 0 atom stereocenters. The average Bonchev–Trinajstić information content (AvgIpc) is 2.92. The van der Waals surface area contributed by atoms with Gasteiger partial charge in [0.25, 0.3) is 11.8 Å². The van der Waals surface area contributed by atoms with E-state index in [4.69, 9.17) is 16.3 Å². The second-order valence-electron chi connectivity index (χ2n) is 5.90. The van der Waals surface area contributed by atoms with Gasteiger partial charge in [-0.15, -0.1) is 0 Å². The lowest BCUT2D eigenvalue weighted by Gasteiger charge is -2.14. The number of carbonyl (C=O) groups is 2. The minimum absolute atomic E-state index is 0.307. The van der Waals surface area contributed by atoms with Crippen molar-refractivity contribution < 1.29 is 14.3 Å². The van der Waals surface area contributed by atoms with Gasteiger partial charge in [-0.3, -0.25) is 9.59 Å². The predicted molar refractivity (Wildman–Crippen MR) is 99.8 cm³/mol. The van der Waals surface area contributed by atoms with Crippen LogP contribution in [-0.2, 0) is 6.61 Å². The Morgan fingerprint density at radius 3 is 2.08 bits per heavy atom. The van der Waals surface area contributed by atoms with Crippen molar-refractivity contribution in [3.8, 4) is 5.75 Å². The fourth-order valence-corrected chi connectivity index (χ4v) is 3.12. The van der Waals surface area contributed by atoms with Crippen molar-refractivity contribution in [3.63, 3.8) is 0 Å². The van der Waals surface area contributed by atoms with Crippen LogP contribution >= 0.6 is 11.6 Å². The van der Waals surface area contributed by atoms with Crippen LogP contribution in [0.3, 0.4) is 0 Å². The van der Waals surface area contributed by atoms with E-state index in [1.54, 1.807) is 48.5 Å². The molecular formula is C21H14ClNO3. The van der Waals surface area contributed by atoms with Crippen LogP contribution in [0.2, 0.25) is 5.02 Å². The lowest BCUT2D eigenvalue weighted by atomic mass is 10.1. The van der Waals surface area contributed by atoms with Crippen molar-refractivity contribution in [1.29, 1.82) is 0 Å². The summed E-state index contributed by atoms with van der Waals surface area (Å²) in [5.41, 5.74) is 2.34. The zero-order valence-corrected chi connectivity index (χ0v) is 14.4. The van der Waals surface area contributed by atoms with Gasteiger partial charge in [0, 0.05) is 5.02 Å². The van der Waals surface area contributed by atoms with Gasteiger partial charge in [-0.2, -0.15) is 0 Å². The smallest absolute Gasteiger partial charge is 0.266 e. The van der Waals surface area contributed by atoms with E-state index in [1.807, 2.05) is 24.3 Å². The number of carbonyl (C=O) groups excluding carboxylic acids is 2. The van der Waals surface area contributed by atoms with Gasteiger partial charge in [0.05, 0.1) is 16.8 Å². The summed E-state index contributed by atoms with van der Waals surface area (Å²) in [5, 5.41) is 0.659. The maximum atomic E-state index is 12.5. The van der Waals surface area contributed by atoms with E-state index in [9.17, 15) is 9.59 Å². The molecule has 2 amide bonds. The van der Waals surface area contributed by atoms with Crippen molar-refractivity contribution in [2.24, 2.45) is 0 Å². The molecule has 0 bridgehead atoms. The van der Waals surface area contributed by atoms with Gasteiger partial charge >= 0.3 is 0 Å². The number of nitrogens with zero attached hydrogens (tertiary/aromatic N) is 1. The van der Waals surface area contributed by atoms with Gasteiger partial charge in [0.1, 0.15) is 12.4 Å². The molecule has 0 saturated carbocycles. The lowest BCUT2D eigenvalue weighted by molar-refractivity contribution is 0.0926. The molecule has 3 aromatic rings. The predicted octanol–water partition coefficient (Wildman–Crippen LogP) is 4.72. The second kappa shape index (κ2) is 6.65. The Labute approximate surface area is 155 Å². The molecule has 1 heterocycles. The van der Waals surface area contributed by atoms with Crippen LogP contribution in [0.1, 0.15) is 26.3 Å². The van der Waals surface area contributed by atoms with Gasteiger partial charge in [-0.1, -0.05) is 35.9 Å². The van der Waals surface area contributed by atoms with E-state index in [-0.39, 0.29) is 11.8 Å². The number of ether oxygens (including phenoxy) is 1. The van der Waals surface area contributed by atoms with Crippen LogP contribution in [0.5, 0.6) is 5.75 Å². The van der Waals surface area contributed by atoms with E-state index >= 15 is 0 Å². The minimum atomic E-state index is -0.307. The van der Waals surface area contributed by atoms with E-state index in [1.165, 1.54) is 4.90 Å². The summed E-state index contributed by atoms with van der Waals surface area (Å²) in [5.74, 6) is 0.0294. The maximum Gasteiger partial charge on any atom is 0.266 e. The van der Waals surface area contributed by atoms with Crippen LogP contribution in [0, 0.1) is 0 Å². The molecule has 0 radical (unpaired) electrons. The first-order chi connectivity index (χ1) is 12.6. The summed E-state index contributed by atoms with van der Waals surface area (Å²) in [6, 6.07) is 21.2. The zero-order valence-electron chi connectivity index (χ0n) is 13.7. The summed E-state index contributed by atoms with van der Waals surface area (Å²) in [7, 11) is 0. The molecule has 4 nitrogen and oxygen atoms in total. The number of halogens is 1. The molecule has 5 heteroatoms. The highest BCUT2D eigenvalue weighted by atomic mass is 35.5. The lowest BCUT2D eigenvalue weighted by Crippen LogP contribution is -2.29. The first kappa shape index (κ1) is 16.4. The normalized spacial score (nSPS) is 13.0. The third kappa shape index (κ3) is 2.95. The number of anilines is 1. The second-order valence-corrected chi connectivity index (χ2v) is 6.34. The molecule has 26 heavy (non-hydrogen) atoms. The van der Waals surface area contributed by atoms with E-state index in [0.717, 1.165) is 5.56 Å². The number of hydrogen-bond acceptors (Lipinski definition) is 3. The molecule has 0 spiro atoms. The van der Waals surface area contributed by atoms with Crippen LogP contribution in [-0.4, -0.2) is 11.8 Å². The Kier molecular flexibility index (Phi) is 4.19. The summed E-state index contributed by atoms with van der Waals surface area (Å²) in [6.07, 6.45) is 0. The highest BCUT2D eigenvalue weighted by molar-refractivity contribution is 6.34. The van der Waals surface area contributed by atoms with E-state index in [0.29, 0.717) is 34.2 Å². The molecule has 1 aliphatic heterocycles. The first-order valence-electron chi connectivity index (χ1n) is 8.08. The van der Waals surface area contributed by atoms with E-state index in [2.05, 4.69) is 0 Å². The highest BCUT2D eigenvalue weighted by Crippen LogP contribution is 2.29. The fourth-order valence-electron chi connectivity index (χ4n) is 2.91. The molecule has 3 aromatic carbocycles. The highest BCUT2D eigenvalue weighted by Gasteiger charge is 2.36. The zero-order chi connectivity index (χ0) is 18.1. The van der Waals surface area contributed by atoms with Crippen LogP contribution in [0.4, 0.5) is 5.69 Å². The van der Waals surface area contributed by atoms with E-state index < -0.39 is 0 Å². The molecule has 0 aliphatic carbocycles. The number of fused-ring (bicyclic) bond motifs is 1. The van der Waals surface area contributed by atoms with Crippen molar-refractivity contribution in [1.82, 2.24) is 0 Å². The largest absolute Gasteiger partial charge is 0.489 e. The number of rotatable bonds is 4. The summed E-state index contributed by atoms with van der Waals surface area (Å²) < 4.78 is 5.73. The molecule has 0 unspecified atom stereocenters. The Morgan fingerprint density at radius 2 is 1.46 bits per heavy atom. The summed E-state index contributed by atoms with van der Waals surface area (Å²) in [4.78, 5) is 26.2. The Hall–Kier alpha value is -3.11. The third-order valence-corrected chi connectivity index (χ3v) is 4.42. The van der Waals surface area contributed by atoms with Crippen LogP contribution < -0.4 is 9.64 Å². The molecule has 4 rings (SSSR count). The Balaban J connectivity index is 1.50. The number of benzene rings is 3. The molecular weight excluding hydrogens is 350 g/mol. The van der Waals surface area contributed by atoms with Crippen LogP contribution in [0.15, 0.2) is 72.8 Å². The standard InChI is InChI=1S/C21H14ClNO3/c22-15-5-3-4-14(12-15)13-26-17-10-8-16(9-11-17)23-20(24)18-6-1-2-7-19(18)21(23)25/h1-12H,13H2. The number of amides is 2. The average molecular weight is 364 g/mol. The summed E-state index contributed by atoms with van der Waals surface area (Å²) in [6.45, 7) is 0.382. The van der Waals surface area contributed by atoms with Gasteiger partial charge in [0.15, 0.2) is 0 Å². The number of imide groups is 1. The Morgan fingerprint density at radius 1 is 0.808 bits per heavy atom. The Bertz CT molecular complexity index is 963. The first-order valence-corrected chi connectivity index (χ1v) is 8.46. The molecule has 0 aromatic heterocycles. The third-order valence-electron chi connectivity index (χ3n) is 4.18. The molecule has 0 saturated heterocycles. The number of hydrogen-bond donors (Lipinski definition) is 0. The van der Waals surface area contributed by atoms with Gasteiger partial charge < -0.3 is 4.74 Å². The maximum absolute atomic E-state index is 12.5. The summed E-state index contributed by atoms with van der Waals surface area (Å²) >= 11 is 5.96. The van der Waals surface area contributed by atoms with Crippen molar-refractivity contribution in [3.05, 3.63) is 94.5 Å². The monoisotopic (exact) mass is 363 g/mol. The molecule has 0 N–H and O–H groups in total. The SMILES string of the molecule is O=C1c2ccccc2C(=O)N1c1ccc(OCc2cccc(Cl)c2)cc1. The molecule has 1 aliphatic rings. The van der Waals surface area contributed by atoms with Crippen molar-refractivity contribution in [2.75, 3.05) is 4.90 Å². The molecule has 128 valence electrons. The fraction of sp³-hybridized carbons (Fsp3) is 0.0476. The molecule has 0 fully saturated rings. The quantitative estimate of drug-likeness (QED) is 0.630. The van der Waals surface area contributed by atoms with Gasteiger partial charge in [-0.05, 0) is 54.1 Å². The van der Waals surface area contributed by atoms with Gasteiger partial charge in [0.2, 0.25) is 0 Å². The van der Waals surface area contributed by atoms with Crippen LogP contribution in [0.25, 0.3) is 0 Å². The topological polar surface area (TPSA) is 46.6 Å². The van der Waals surface area contributed by atoms with Crippen molar-refractivity contribution >= 4 is 29.1 Å².